The molecule has 1 aliphatic carbocycles. The molecule has 4 aliphatic heterocycles. The van der Waals surface area contributed by atoms with Gasteiger partial charge in [-0.25, -0.2) is 0 Å². The van der Waals surface area contributed by atoms with E-state index in [2.05, 4.69) is 0 Å². The standard InChI is InChI=1S/C28H26N2O5/c31-26(17-10-11-20-21(14-17)35-15-34-20)25-23-22(24-19-9-5-4-6-16(19)12-13-29(24)25)27(32)30(28(23)33)18-7-2-1-3-8-18/h4-6,9-14,18,22-25H,1-3,7-8,15H2/t22-,23+,24-,25-/m0/s1. The molecule has 2 amide bonds. The highest BCUT2D eigenvalue weighted by Gasteiger charge is 2.65. The van der Waals surface area contributed by atoms with Crippen molar-refractivity contribution in [1.29, 1.82) is 0 Å². The number of benzene rings is 2. The highest BCUT2D eigenvalue weighted by molar-refractivity contribution is 6.12. The molecule has 7 rings (SSSR count). The molecule has 0 radical (unpaired) electrons. The quantitative estimate of drug-likeness (QED) is 0.500. The Labute approximate surface area is 203 Å². The molecule has 0 unspecified atom stereocenters. The van der Waals surface area contributed by atoms with Crippen LogP contribution in [0.1, 0.15) is 59.6 Å². The van der Waals surface area contributed by atoms with Gasteiger partial charge in [-0.2, -0.15) is 0 Å². The normalized spacial score (nSPS) is 28.8. The van der Waals surface area contributed by atoms with Crippen LogP contribution in [0.2, 0.25) is 0 Å². The average molecular weight is 471 g/mol. The van der Waals surface area contributed by atoms with Crippen LogP contribution in [0.3, 0.4) is 0 Å². The highest BCUT2D eigenvalue weighted by atomic mass is 16.7. The van der Waals surface area contributed by atoms with Crippen LogP contribution in [-0.4, -0.2) is 46.3 Å². The Kier molecular flexibility index (Phi) is 4.56. The minimum absolute atomic E-state index is 0.0570. The van der Waals surface area contributed by atoms with Crippen molar-refractivity contribution in [1.82, 2.24) is 9.80 Å². The number of rotatable bonds is 3. The molecule has 0 bridgehead atoms. The summed E-state index contributed by atoms with van der Waals surface area (Å²) in [4.78, 5) is 45.4. The third-order valence-electron chi connectivity index (χ3n) is 8.36. The van der Waals surface area contributed by atoms with Gasteiger partial charge in [0.2, 0.25) is 18.6 Å². The molecule has 0 N–H and O–H groups in total. The van der Waals surface area contributed by atoms with Crippen molar-refractivity contribution in [2.75, 3.05) is 6.79 Å². The van der Waals surface area contributed by atoms with Gasteiger partial charge in [0.15, 0.2) is 17.3 Å². The first-order valence-electron chi connectivity index (χ1n) is 12.5. The summed E-state index contributed by atoms with van der Waals surface area (Å²) in [5.74, 6) is -0.623. The molecule has 4 heterocycles. The van der Waals surface area contributed by atoms with Gasteiger partial charge in [0.1, 0.15) is 6.04 Å². The fourth-order valence-electron chi connectivity index (χ4n) is 6.80. The first-order valence-corrected chi connectivity index (χ1v) is 12.5. The molecular formula is C28H26N2O5. The van der Waals surface area contributed by atoms with Crippen LogP contribution in [0.25, 0.3) is 6.08 Å². The van der Waals surface area contributed by atoms with Crippen LogP contribution in [0.15, 0.2) is 48.7 Å². The topological polar surface area (TPSA) is 76.1 Å². The fourth-order valence-corrected chi connectivity index (χ4v) is 6.80. The number of carbonyl (C=O) groups is 3. The molecule has 7 heteroatoms. The van der Waals surface area contributed by atoms with E-state index in [-0.39, 0.29) is 36.5 Å². The number of ether oxygens (including phenoxy) is 2. The van der Waals surface area contributed by atoms with Crippen LogP contribution in [-0.2, 0) is 9.59 Å². The van der Waals surface area contributed by atoms with Gasteiger partial charge in [-0.1, -0.05) is 43.5 Å². The van der Waals surface area contributed by atoms with E-state index in [1.165, 1.54) is 4.90 Å². The third kappa shape index (κ3) is 2.93. The van der Waals surface area contributed by atoms with E-state index in [4.69, 9.17) is 9.47 Å². The maximum absolute atomic E-state index is 14.0. The smallest absolute Gasteiger partial charge is 0.236 e. The Balaban J connectivity index is 1.33. The van der Waals surface area contributed by atoms with E-state index >= 15 is 0 Å². The Hall–Kier alpha value is -3.61. The molecule has 35 heavy (non-hydrogen) atoms. The maximum Gasteiger partial charge on any atom is 0.236 e. The molecule has 2 aromatic carbocycles. The van der Waals surface area contributed by atoms with Crippen molar-refractivity contribution in [2.24, 2.45) is 11.8 Å². The van der Waals surface area contributed by atoms with Crippen molar-refractivity contribution in [2.45, 2.75) is 50.2 Å². The van der Waals surface area contributed by atoms with Crippen LogP contribution >= 0.6 is 0 Å². The largest absolute Gasteiger partial charge is 0.454 e. The second-order valence-electron chi connectivity index (χ2n) is 10.1. The third-order valence-corrected chi connectivity index (χ3v) is 8.36. The SMILES string of the molecule is O=C(c1ccc2c(c1)OCO2)[C@@H]1[C@@H]2C(=O)N(C3CCCCC3)C(=O)[C@@H]2[C@@H]2c3ccccc3C=CN12. The summed E-state index contributed by atoms with van der Waals surface area (Å²) in [6, 6.07) is 12.0. The molecule has 0 spiro atoms. The Morgan fingerprint density at radius 1 is 0.886 bits per heavy atom. The molecule has 3 fully saturated rings. The molecule has 2 aromatic rings. The zero-order valence-electron chi connectivity index (χ0n) is 19.3. The lowest BCUT2D eigenvalue weighted by Gasteiger charge is -2.37. The summed E-state index contributed by atoms with van der Waals surface area (Å²) in [5, 5.41) is 0. The van der Waals surface area contributed by atoms with Gasteiger partial charge in [-0.15, -0.1) is 0 Å². The predicted molar refractivity (Wildman–Crippen MR) is 126 cm³/mol. The first kappa shape index (κ1) is 20.7. The van der Waals surface area contributed by atoms with Crippen molar-refractivity contribution in [3.8, 4) is 11.5 Å². The van der Waals surface area contributed by atoms with Gasteiger partial charge in [-0.3, -0.25) is 19.3 Å². The first-order chi connectivity index (χ1) is 17.1. The van der Waals surface area contributed by atoms with Crippen molar-refractivity contribution in [3.63, 3.8) is 0 Å². The number of nitrogens with zero attached hydrogens (tertiary/aromatic N) is 2. The Morgan fingerprint density at radius 2 is 1.66 bits per heavy atom. The molecule has 5 aliphatic rings. The molecule has 1 saturated carbocycles. The van der Waals surface area contributed by atoms with E-state index in [0.29, 0.717) is 17.1 Å². The van der Waals surface area contributed by atoms with Crippen LogP contribution in [0.5, 0.6) is 11.5 Å². The summed E-state index contributed by atoms with van der Waals surface area (Å²) >= 11 is 0. The van der Waals surface area contributed by atoms with Crippen LogP contribution < -0.4 is 9.47 Å². The number of fused-ring (bicyclic) bond motifs is 6. The molecular weight excluding hydrogens is 444 g/mol. The van der Waals surface area contributed by atoms with Gasteiger partial charge in [0.25, 0.3) is 0 Å². The van der Waals surface area contributed by atoms with E-state index in [1.807, 2.05) is 41.4 Å². The Bertz CT molecular complexity index is 1280. The number of imide groups is 1. The molecule has 178 valence electrons. The summed E-state index contributed by atoms with van der Waals surface area (Å²) in [7, 11) is 0. The minimum Gasteiger partial charge on any atom is -0.454 e. The second-order valence-corrected chi connectivity index (χ2v) is 10.1. The summed E-state index contributed by atoms with van der Waals surface area (Å²) < 4.78 is 10.9. The number of ketones is 1. The number of Topliss-reactive ketones (excluding diaryl/α,β-unsaturated/α-hetero) is 1. The number of likely N-dealkylation sites (tertiary alicyclic amines) is 1. The summed E-state index contributed by atoms with van der Waals surface area (Å²) in [6.07, 6.45) is 8.76. The van der Waals surface area contributed by atoms with E-state index in [0.717, 1.165) is 43.2 Å². The van der Waals surface area contributed by atoms with Gasteiger partial charge in [0.05, 0.1) is 17.9 Å². The maximum atomic E-state index is 14.0. The van der Waals surface area contributed by atoms with Crippen molar-refractivity contribution < 1.29 is 23.9 Å². The lowest BCUT2D eigenvalue weighted by Crippen LogP contribution is -2.47. The van der Waals surface area contributed by atoms with Crippen molar-refractivity contribution in [3.05, 3.63) is 65.4 Å². The van der Waals surface area contributed by atoms with Crippen LogP contribution in [0.4, 0.5) is 0 Å². The lowest BCUT2D eigenvalue weighted by atomic mass is 9.83. The zero-order valence-corrected chi connectivity index (χ0v) is 19.3. The van der Waals surface area contributed by atoms with E-state index in [9.17, 15) is 14.4 Å². The van der Waals surface area contributed by atoms with Gasteiger partial charge >= 0.3 is 0 Å². The fraction of sp³-hybridized carbons (Fsp3) is 0.393. The molecule has 4 atom stereocenters. The summed E-state index contributed by atoms with van der Waals surface area (Å²) in [6.45, 7) is 0.123. The number of hydrogen-bond donors (Lipinski definition) is 0. The predicted octanol–water partition coefficient (Wildman–Crippen LogP) is 3.94. The second kappa shape index (κ2) is 7.70. The Morgan fingerprint density at radius 3 is 2.51 bits per heavy atom. The van der Waals surface area contributed by atoms with E-state index < -0.39 is 17.9 Å². The number of hydrogen-bond acceptors (Lipinski definition) is 6. The monoisotopic (exact) mass is 470 g/mol. The van der Waals surface area contributed by atoms with Crippen LogP contribution in [0, 0.1) is 11.8 Å². The van der Waals surface area contributed by atoms with Crippen molar-refractivity contribution >= 4 is 23.7 Å². The molecule has 2 saturated heterocycles. The zero-order chi connectivity index (χ0) is 23.7. The number of amides is 2. The number of carbonyl (C=O) groups excluding carboxylic acids is 3. The van der Waals surface area contributed by atoms with E-state index in [1.54, 1.807) is 18.2 Å². The molecule has 0 aromatic heterocycles. The average Bonchev–Trinajstić information content (AvgIpc) is 3.57. The lowest BCUT2D eigenvalue weighted by molar-refractivity contribution is -0.144. The molecule has 7 nitrogen and oxygen atoms in total. The highest BCUT2D eigenvalue weighted by Crippen LogP contribution is 2.54. The van der Waals surface area contributed by atoms with Gasteiger partial charge < -0.3 is 14.4 Å². The minimum atomic E-state index is -0.750. The van der Waals surface area contributed by atoms with Gasteiger partial charge in [-0.05, 0) is 48.2 Å². The van der Waals surface area contributed by atoms with Gasteiger partial charge in [0, 0.05) is 17.8 Å². The summed E-state index contributed by atoms with van der Waals surface area (Å²) in [5.41, 5.74) is 2.49.